The van der Waals surface area contributed by atoms with Crippen molar-refractivity contribution < 1.29 is 4.42 Å². The van der Waals surface area contributed by atoms with Crippen LogP contribution >= 0.6 is 18.5 Å². The Hall–Kier alpha value is -1.49. The summed E-state index contributed by atoms with van der Waals surface area (Å²) >= 11 is 0. The van der Waals surface area contributed by atoms with Crippen LogP contribution in [0.4, 0.5) is 0 Å². The lowest BCUT2D eigenvalue weighted by molar-refractivity contribution is 0.563. The number of aryl methyl sites for hydroxylation is 1. The number of hydrogen-bond donors (Lipinski definition) is 0. The lowest BCUT2D eigenvalue weighted by Crippen LogP contribution is -2.04. The average molecular weight is 328 g/mol. The smallest absolute Gasteiger partial charge is 0.344 e. The monoisotopic (exact) mass is 328 g/mol. The minimum Gasteiger partial charge on any atom is -0.422 e. The van der Waals surface area contributed by atoms with E-state index in [0.717, 1.165) is 23.3 Å². The summed E-state index contributed by atoms with van der Waals surface area (Å²) in [5, 5.41) is 1.02. The molecule has 0 bridgehead atoms. The second-order valence-corrected chi connectivity index (χ2v) is 6.15. The first kappa shape index (κ1) is 15.4. The van der Waals surface area contributed by atoms with E-state index in [4.69, 9.17) is 4.42 Å². The summed E-state index contributed by atoms with van der Waals surface area (Å²) in [4.78, 5) is 12.3. The van der Waals surface area contributed by atoms with Gasteiger partial charge in [-0.25, -0.2) is 4.79 Å². The van der Waals surface area contributed by atoms with Gasteiger partial charge < -0.3 is 4.42 Å². The molecule has 0 aliphatic rings. The molecule has 0 spiro atoms. The summed E-state index contributed by atoms with van der Waals surface area (Å²) in [6.45, 7) is 2.03. The van der Waals surface area contributed by atoms with E-state index in [9.17, 15) is 4.79 Å². The predicted octanol–water partition coefficient (Wildman–Crippen LogP) is 4.52. The molecule has 1 aromatic heterocycles. The number of benzene rings is 2. The van der Waals surface area contributed by atoms with Gasteiger partial charge in [-0.3, -0.25) is 0 Å². The Morgan fingerprint density at radius 1 is 1.00 bits per heavy atom. The molecule has 4 heteroatoms. The molecule has 1 heterocycles. The molecule has 0 N–H and O–H groups in total. The van der Waals surface area contributed by atoms with Crippen molar-refractivity contribution in [1.29, 1.82) is 0 Å². The van der Waals surface area contributed by atoms with Crippen LogP contribution in [0, 0.1) is 6.92 Å². The summed E-state index contributed by atoms with van der Waals surface area (Å²) in [5.74, 6) is 0. The Balaban J connectivity index is 2.30. The maximum absolute atomic E-state index is 12.3. The molecule has 2 unspecified atom stereocenters. The molecule has 22 heavy (non-hydrogen) atoms. The average Bonchev–Trinajstić information content (AvgIpc) is 2.54. The highest BCUT2D eigenvalue weighted by Crippen LogP contribution is 2.28. The van der Waals surface area contributed by atoms with Crippen LogP contribution in [0.2, 0.25) is 0 Å². The third-order valence-electron chi connectivity index (χ3n) is 3.91. The van der Waals surface area contributed by atoms with Gasteiger partial charge >= 0.3 is 5.63 Å². The maximum Gasteiger partial charge on any atom is 0.344 e. The molecule has 0 saturated carbocycles. The summed E-state index contributed by atoms with van der Waals surface area (Å²) in [6.07, 6.45) is 1.72. The van der Waals surface area contributed by atoms with Gasteiger partial charge in [0.25, 0.3) is 0 Å². The van der Waals surface area contributed by atoms with Crippen LogP contribution in [-0.2, 0) is 12.3 Å². The topological polar surface area (TPSA) is 30.2 Å². The molecule has 2 aromatic carbocycles. The first-order chi connectivity index (χ1) is 10.6. The largest absolute Gasteiger partial charge is 0.422 e. The van der Waals surface area contributed by atoms with Crippen molar-refractivity contribution >= 4 is 29.4 Å². The molecule has 0 saturated heterocycles. The lowest BCUT2D eigenvalue weighted by atomic mass is 10.0. The SMILES string of the molecule is Cc1ccc(-c2cc3c(CP)c(CP)ccc3oc2=O)cc1. The summed E-state index contributed by atoms with van der Waals surface area (Å²) in [7, 11) is 5.52. The van der Waals surface area contributed by atoms with Gasteiger partial charge in [-0.15, -0.1) is 18.5 Å². The maximum atomic E-state index is 12.3. The van der Waals surface area contributed by atoms with Crippen LogP contribution in [0.25, 0.3) is 22.1 Å². The fourth-order valence-electron chi connectivity index (χ4n) is 2.66. The van der Waals surface area contributed by atoms with Crippen LogP contribution in [0.15, 0.2) is 51.7 Å². The highest BCUT2D eigenvalue weighted by Gasteiger charge is 2.12. The molecule has 0 fully saturated rings. The zero-order valence-corrected chi connectivity index (χ0v) is 14.7. The van der Waals surface area contributed by atoms with Gasteiger partial charge in [0.2, 0.25) is 0 Å². The zero-order chi connectivity index (χ0) is 15.7. The second-order valence-electron chi connectivity index (χ2n) is 5.34. The fraction of sp³-hybridized carbons (Fsp3) is 0.167. The molecular weight excluding hydrogens is 310 g/mol. The van der Waals surface area contributed by atoms with Gasteiger partial charge in [0, 0.05) is 5.39 Å². The standard InChI is InChI=1S/C18H18O2P2/c1-11-2-4-12(5-3-11)14-8-15-16(10-22)13(9-21)6-7-17(15)20-18(14)19/h2-8H,9-10,21-22H2,1H3. The fourth-order valence-corrected chi connectivity index (χ4v) is 3.52. The van der Waals surface area contributed by atoms with Gasteiger partial charge in [-0.2, -0.15) is 0 Å². The van der Waals surface area contributed by atoms with Crippen molar-refractivity contribution in [3.05, 3.63) is 69.6 Å². The second kappa shape index (κ2) is 6.32. The summed E-state index contributed by atoms with van der Waals surface area (Å²) in [6, 6.07) is 13.8. The highest BCUT2D eigenvalue weighted by atomic mass is 31.0. The molecule has 3 rings (SSSR count). The third kappa shape index (κ3) is 2.74. The molecule has 0 aliphatic carbocycles. The minimum absolute atomic E-state index is 0.287. The molecule has 112 valence electrons. The quantitative estimate of drug-likeness (QED) is 0.523. The van der Waals surface area contributed by atoms with Gasteiger partial charge in [0.05, 0.1) is 5.56 Å². The van der Waals surface area contributed by atoms with Crippen LogP contribution in [0.5, 0.6) is 0 Å². The van der Waals surface area contributed by atoms with Gasteiger partial charge in [-0.1, -0.05) is 35.9 Å². The van der Waals surface area contributed by atoms with Crippen LogP contribution in [-0.4, -0.2) is 0 Å². The first-order valence-corrected chi connectivity index (χ1v) is 8.83. The van der Waals surface area contributed by atoms with Crippen LogP contribution in [0.3, 0.4) is 0 Å². The molecule has 2 nitrogen and oxygen atoms in total. The van der Waals surface area contributed by atoms with Crippen LogP contribution < -0.4 is 5.63 Å². The third-order valence-corrected chi connectivity index (χ3v) is 4.76. The van der Waals surface area contributed by atoms with E-state index in [1.165, 1.54) is 16.7 Å². The van der Waals surface area contributed by atoms with Crippen molar-refractivity contribution in [2.24, 2.45) is 0 Å². The van der Waals surface area contributed by atoms with E-state index in [2.05, 4.69) is 18.5 Å². The lowest BCUT2D eigenvalue weighted by Gasteiger charge is -2.10. The molecule has 3 aromatic rings. The molecule has 0 amide bonds. The van der Waals surface area contributed by atoms with E-state index >= 15 is 0 Å². The summed E-state index contributed by atoms with van der Waals surface area (Å²) < 4.78 is 5.55. The predicted molar refractivity (Wildman–Crippen MR) is 99.5 cm³/mol. The number of rotatable bonds is 3. The van der Waals surface area contributed by atoms with E-state index in [1.54, 1.807) is 0 Å². The number of hydrogen-bond acceptors (Lipinski definition) is 2. The van der Waals surface area contributed by atoms with E-state index in [1.807, 2.05) is 49.4 Å². The van der Waals surface area contributed by atoms with E-state index < -0.39 is 0 Å². The molecule has 2 atom stereocenters. The Kier molecular flexibility index (Phi) is 4.43. The van der Waals surface area contributed by atoms with Crippen LogP contribution in [0.1, 0.15) is 16.7 Å². The first-order valence-electron chi connectivity index (χ1n) is 7.20. The Bertz CT molecular complexity index is 880. The molecular formula is C18H18O2P2. The van der Waals surface area contributed by atoms with Crippen molar-refractivity contribution in [3.8, 4) is 11.1 Å². The van der Waals surface area contributed by atoms with Gasteiger partial charge in [0.15, 0.2) is 0 Å². The highest BCUT2D eigenvalue weighted by molar-refractivity contribution is 7.16. The molecule has 0 radical (unpaired) electrons. The zero-order valence-electron chi connectivity index (χ0n) is 12.4. The molecule has 0 aliphatic heterocycles. The van der Waals surface area contributed by atoms with E-state index in [0.29, 0.717) is 11.1 Å². The van der Waals surface area contributed by atoms with Gasteiger partial charge in [-0.05, 0) is 48.1 Å². The minimum atomic E-state index is -0.287. The van der Waals surface area contributed by atoms with Gasteiger partial charge in [0.1, 0.15) is 5.58 Å². The van der Waals surface area contributed by atoms with Crippen molar-refractivity contribution in [3.63, 3.8) is 0 Å². The van der Waals surface area contributed by atoms with E-state index in [-0.39, 0.29) is 5.63 Å². The Labute approximate surface area is 134 Å². The summed E-state index contributed by atoms with van der Waals surface area (Å²) in [5.41, 5.74) is 5.53. The Morgan fingerprint density at radius 2 is 1.73 bits per heavy atom. The Morgan fingerprint density at radius 3 is 2.36 bits per heavy atom. The van der Waals surface area contributed by atoms with Crippen molar-refractivity contribution in [2.45, 2.75) is 19.2 Å². The van der Waals surface area contributed by atoms with Crippen molar-refractivity contribution in [1.82, 2.24) is 0 Å². The van der Waals surface area contributed by atoms with Crippen molar-refractivity contribution in [2.75, 3.05) is 0 Å². The number of fused-ring (bicyclic) bond motifs is 1. The normalized spacial score (nSPS) is 11.0.